The fraction of sp³-hybridized carbons (Fsp3) is 0.500. The van der Waals surface area contributed by atoms with Crippen molar-refractivity contribution in [1.82, 2.24) is 9.88 Å². The van der Waals surface area contributed by atoms with Crippen LogP contribution < -0.4 is 0 Å². The summed E-state index contributed by atoms with van der Waals surface area (Å²) in [5.74, 6) is 1.69. The van der Waals surface area contributed by atoms with Crippen LogP contribution in [0.25, 0.3) is 0 Å². The van der Waals surface area contributed by atoms with E-state index >= 15 is 0 Å². The number of oxazole rings is 1. The predicted octanol–water partition coefficient (Wildman–Crippen LogP) is 4.25. The van der Waals surface area contributed by atoms with E-state index in [1.165, 1.54) is 17.3 Å². The molecule has 4 nitrogen and oxygen atoms in total. The summed E-state index contributed by atoms with van der Waals surface area (Å²) in [5, 5.41) is 0.429. The molecule has 0 N–H and O–H groups in total. The van der Waals surface area contributed by atoms with E-state index in [9.17, 15) is 4.79 Å². The molecule has 0 radical (unpaired) electrons. The van der Waals surface area contributed by atoms with Crippen molar-refractivity contribution in [3.63, 3.8) is 0 Å². The molecule has 0 bridgehead atoms. The lowest BCUT2D eigenvalue weighted by atomic mass is 9.90. The summed E-state index contributed by atoms with van der Waals surface area (Å²) < 4.78 is 5.59. The number of aryl methyl sites for hydroxylation is 2. The molecule has 0 saturated carbocycles. The average Bonchev–Trinajstić information content (AvgIpc) is 2.93. The molecule has 134 valence electrons. The van der Waals surface area contributed by atoms with Crippen LogP contribution >= 0.6 is 11.8 Å². The highest BCUT2D eigenvalue weighted by Crippen LogP contribution is 2.28. The number of nitrogens with zero attached hydrogens (tertiary/aromatic N) is 2. The van der Waals surface area contributed by atoms with Crippen molar-refractivity contribution in [2.45, 2.75) is 50.5 Å². The molecule has 1 aliphatic heterocycles. The first-order chi connectivity index (χ1) is 12.0. The highest BCUT2D eigenvalue weighted by molar-refractivity contribution is 8.00. The van der Waals surface area contributed by atoms with E-state index in [0.29, 0.717) is 11.1 Å². The van der Waals surface area contributed by atoms with Gasteiger partial charge in [0.1, 0.15) is 5.76 Å². The van der Waals surface area contributed by atoms with Crippen molar-refractivity contribution in [1.29, 1.82) is 0 Å². The Bertz CT molecular complexity index is 686. The number of hydrogen-bond donors (Lipinski definition) is 0. The Morgan fingerprint density at radius 2 is 1.96 bits per heavy atom. The maximum atomic E-state index is 12.7. The molecule has 1 aromatic carbocycles. The van der Waals surface area contributed by atoms with Crippen LogP contribution in [0.3, 0.4) is 0 Å². The van der Waals surface area contributed by atoms with Gasteiger partial charge in [-0.3, -0.25) is 4.79 Å². The van der Waals surface area contributed by atoms with E-state index in [-0.39, 0.29) is 11.2 Å². The van der Waals surface area contributed by atoms with Crippen molar-refractivity contribution in [3.05, 3.63) is 47.3 Å². The Balaban J connectivity index is 1.49. The first-order valence-corrected chi connectivity index (χ1v) is 9.84. The van der Waals surface area contributed by atoms with Crippen LogP contribution in [0.15, 0.2) is 40.0 Å². The lowest BCUT2D eigenvalue weighted by Crippen LogP contribution is -2.42. The molecule has 0 aliphatic carbocycles. The first kappa shape index (κ1) is 18.1. The predicted molar refractivity (Wildman–Crippen MR) is 101 cm³/mol. The van der Waals surface area contributed by atoms with Gasteiger partial charge < -0.3 is 9.32 Å². The van der Waals surface area contributed by atoms with Crippen molar-refractivity contribution in [2.24, 2.45) is 5.92 Å². The van der Waals surface area contributed by atoms with Gasteiger partial charge in [-0.05, 0) is 51.5 Å². The fourth-order valence-corrected chi connectivity index (χ4v) is 4.17. The van der Waals surface area contributed by atoms with Gasteiger partial charge in [-0.15, -0.1) is 0 Å². The standard InChI is InChI=1S/C20H26N2O2S/c1-14-15(2)24-20(21-14)25-16(3)19(23)22-11-9-18(10-12-22)13-17-7-5-4-6-8-17/h4-8,16,18H,9-13H2,1-3H3. The second kappa shape index (κ2) is 8.09. The van der Waals surface area contributed by atoms with Crippen molar-refractivity contribution >= 4 is 17.7 Å². The Labute approximate surface area is 154 Å². The number of carbonyl (C=O) groups excluding carboxylic acids is 1. The molecule has 25 heavy (non-hydrogen) atoms. The average molecular weight is 359 g/mol. The van der Waals surface area contributed by atoms with Crippen molar-refractivity contribution in [2.75, 3.05) is 13.1 Å². The molecule has 1 aromatic heterocycles. The third-order valence-corrected chi connectivity index (χ3v) is 5.86. The minimum Gasteiger partial charge on any atom is -0.437 e. The van der Waals surface area contributed by atoms with Gasteiger partial charge in [0.2, 0.25) is 5.91 Å². The summed E-state index contributed by atoms with van der Waals surface area (Å²) in [7, 11) is 0. The molecule has 0 spiro atoms. The zero-order valence-corrected chi connectivity index (χ0v) is 16.0. The lowest BCUT2D eigenvalue weighted by molar-refractivity contribution is -0.131. The second-order valence-corrected chi connectivity index (χ2v) is 8.13. The summed E-state index contributed by atoms with van der Waals surface area (Å²) in [5.41, 5.74) is 2.29. The number of carbonyl (C=O) groups is 1. The van der Waals surface area contributed by atoms with Gasteiger partial charge in [0.05, 0.1) is 10.9 Å². The SMILES string of the molecule is Cc1nc(SC(C)C(=O)N2CCC(Cc3ccccc3)CC2)oc1C. The smallest absolute Gasteiger partial charge is 0.256 e. The molecule has 2 aromatic rings. The number of amides is 1. The van der Waals surface area contributed by atoms with E-state index in [4.69, 9.17) is 4.42 Å². The summed E-state index contributed by atoms with van der Waals surface area (Å²) in [6, 6.07) is 10.6. The van der Waals surface area contributed by atoms with Gasteiger partial charge in [0.15, 0.2) is 0 Å². The minimum atomic E-state index is -0.164. The van der Waals surface area contributed by atoms with Gasteiger partial charge in [-0.1, -0.05) is 42.1 Å². The van der Waals surface area contributed by atoms with Gasteiger partial charge in [-0.2, -0.15) is 0 Å². The topological polar surface area (TPSA) is 46.3 Å². The van der Waals surface area contributed by atoms with Crippen LogP contribution in [0, 0.1) is 19.8 Å². The van der Waals surface area contributed by atoms with Gasteiger partial charge >= 0.3 is 0 Å². The van der Waals surface area contributed by atoms with E-state index in [0.717, 1.165) is 43.8 Å². The molecular weight excluding hydrogens is 332 g/mol. The number of likely N-dealkylation sites (tertiary alicyclic amines) is 1. The third kappa shape index (κ3) is 4.66. The van der Waals surface area contributed by atoms with Crippen LogP contribution in [-0.4, -0.2) is 34.1 Å². The maximum absolute atomic E-state index is 12.7. The molecule has 1 atom stereocenters. The van der Waals surface area contributed by atoms with Crippen LogP contribution in [0.5, 0.6) is 0 Å². The molecule has 3 rings (SSSR count). The fourth-order valence-electron chi connectivity index (χ4n) is 3.26. The zero-order valence-electron chi connectivity index (χ0n) is 15.2. The lowest BCUT2D eigenvalue weighted by Gasteiger charge is -2.33. The number of piperidine rings is 1. The highest BCUT2D eigenvalue weighted by Gasteiger charge is 2.27. The monoisotopic (exact) mass is 358 g/mol. The van der Waals surface area contributed by atoms with Crippen molar-refractivity contribution in [3.8, 4) is 0 Å². The third-order valence-electron chi connectivity index (χ3n) is 4.93. The van der Waals surface area contributed by atoms with Gasteiger partial charge in [0, 0.05) is 13.1 Å². The van der Waals surface area contributed by atoms with Crippen LogP contribution in [-0.2, 0) is 11.2 Å². The second-order valence-electron chi connectivity index (χ2n) is 6.84. The summed E-state index contributed by atoms with van der Waals surface area (Å²) in [4.78, 5) is 19.1. The molecule has 2 heterocycles. The Morgan fingerprint density at radius 3 is 2.56 bits per heavy atom. The molecule has 1 aliphatic rings. The molecule has 1 amide bonds. The van der Waals surface area contributed by atoms with Gasteiger partial charge in [0.25, 0.3) is 5.22 Å². The maximum Gasteiger partial charge on any atom is 0.256 e. The largest absolute Gasteiger partial charge is 0.437 e. The van der Waals surface area contributed by atoms with Crippen molar-refractivity contribution < 1.29 is 9.21 Å². The number of rotatable bonds is 5. The van der Waals surface area contributed by atoms with E-state index in [1.807, 2.05) is 25.7 Å². The molecular formula is C20H26N2O2S. The zero-order chi connectivity index (χ0) is 17.8. The summed E-state index contributed by atoms with van der Waals surface area (Å²) in [6.45, 7) is 7.47. The summed E-state index contributed by atoms with van der Waals surface area (Å²) >= 11 is 1.41. The van der Waals surface area contributed by atoms with Crippen LogP contribution in [0.2, 0.25) is 0 Å². The van der Waals surface area contributed by atoms with E-state index in [1.54, 1.807) is 0 Å². The highest BCUT2D eigenvalue weighted by atomic mass is 32.2. The number of thioether (sulfide) groups is 1. The van der Waals surface area contributed by atoms with E-state index < -0.39 is 0 Å². The molecule has 5 heteroatoms. The van der Waals surface area contributed by atoms with Crippen LogP contribution in [0.4, 0.5) is 0 Å². The minimum absolute atomic E-state index is 0.164. The van der Waals surface area contributed by atoms with E-state index in [2.05, 4.69) is 35.3 Å². The Kier molecular flexibility index (Phi) is 5.84. The first-order valence-electron chi connectivity index (χ1n) is 8.96. The Hall–Kier alpha value is -1.75. The van der Waals surface area contributed by atoms with Gasteiger partial charge in [-0.25, -0.2) is 4.98 Å². The number of benzene rings is 1. The molecule has 1 saturated heterocycles. The normalized spacial score (nSPS) is 16.8. The molecule has 1 unspecified atom stereocenters. The number of hydrogen-bond acceptors (Lipinski definition) is 4. The summed E-state index contributed by atoms with van der Waals surface area (Å²) in [6.07, 6.45) is 3.27. The molecule has 1 fully saturated rings. The Morgan fingerprint density at radius 1 is 1.28 bits per heavy atom. The number of aromatic nitrogens is 1. The van der Waals surface area contributed by atoms with Crippen LogP contribution in [0.1, 0.15) is 36.8 Å². The quantitative estimate of drug-likeness (QED) is 0.750.